The molecular formula is C14H18N4O. The lowest BCUT2D eigenvalue weighted by atomic mass is 10.3. The number of hydrogen-bond acceptors (Lipinski definition) is 3. The summed E-state index contributed by atoms with van der Waals surface area (Å²) in [6.07, 6.45) is 8.06. The zero-order valence-corrected chi connectivity index (χ0v) is 11.0. The molecule has 1 aromatic heterocycles. The fraction of sp³-hybridized carbons (Fsp3) is 0.429. The fourth-order valence-electron chi connectivity index (χ4n) is 2.07. The van der Waals surface area contributed by atoms with Crippen LogP contribution in [0.4, 0.5) is 0 Å². The van der Waals surface area contributed by atoms with Gasteiger partial charge < -0.3 is 15.0 Å². The van der Waals surface area contributed by atoms with Gasteiger partial charge in [0.15, 0.2) is 5.96 Å². The standard InChI is InChI=1S/C14H18N4O/c1-3-8-17-14(15-2)18-10-7-12(11-18)19-13-6-4-5-9-16-13/h1,4-6,9,12H,7-8,10-11H2,2H3,(H,15,17). The first kappa shape index (κ1) is 13.2. The van der Waals surface area contributed by atoms with Crippen LogP contribution in [0, 0.1) is 12.3 Å². The summed E-state index contributed by atoms with van der Waals surface area (Å²) < 4.78 is 5.83. The number of nitrogens with one attached hydrogen (secondary N) is 1. The molecule has 0 aromatic carbocycles. The minimum Gasteiger partial charge on any atom is -0.472 e. The monoisotopic (exact) mass is 258 g/mol. The van der Waals surface area contributed by atoms with E-state index in [9.17, 15) is 0 Å². The number of rotatable bonds is 3. The summed E-state index contributed by atoms with van der Waals surface area (Å²) in [6, 6.07) is 5.66. The van der Waals surface area contributed by atoms with Crippen LogP contribution in [-0.4, -0.2) is 48.6 Å². The molecule has 1 aliphatic rings. The molecule has 1 atom stereocenters. The Morgan fingerprint density at radius 1 is 1.68 bits per heavy atom. The summed E-state index contributed by atoms with van der Waals surface area (Å²) in [5.74, 6) is 4.04. The second kappa shape index (κ2) is 6.64. The van der Waals surface area contributed by atoms with Crippen molar-refractivity contribution in [3.05, 3.63) is 24.4 Å². The van der Waals surface area contributed by atoms with Crippen LogP contribution in [-0.2, 0) is 0 Å². The summed E-state index contributed by atoms with van der Waals surface area (Å²) in [6.45, 7) is 2.18. The summed E-state index contributed by atoms with van der Waals surface area (Å²) in [5, 5.41) is 3.11. The quantitative estimate of drug-likeness (QED) is 0.493. The van der Waals surface area contributed by atoms with Gasteiger partial charge in [-0.2, -0.15) is 0 Å². The van der Waals surface area contributed by atoms with E-state index in [0.717, 1.165) is 25.5 Å². The predicted molar refractivity (Wildman–Crippen MR) is 75.0 cm³/mol. The number of aliphatic imine (C=N–C) groups is 1. The Labute approximate surface area is 113 Å². The highest BCUT2D eigenvalue weighted by Crippen LogP contribution is 2.15. The average molecular weight is 258 g/mol. The van der Waals surface area contributed by atoms with Gasteiger partial charge in [-0.05, 0) is 6.07 Å². The van der Waals surface area contributed by atoms with E-state index in [-0.39, 0.29) is 6.10 Å². The van der Waals surface area contributed by atoms with Gasteiger partial charge >= 0.3 is 0 Å². The van der Waals surface area contributed by atoms with Gasteiger partial charge in [-0.15, -0.1) is 6.42 Å². The molecule has 19 heavy (non-hydrogen) atoms. The van der Waals surface area contributed by atoms with Crippen LogP contribution in [0.1, 0.15) is 6.42 Å². The van der Waals surface area contributed by atoms with E-state index in [2.05, 4.69) is 26.1 Å². The maximum absolute atomic E-state index is 5.83. The minimum absolute atomic E-state index is 0.138. The van der Waals surface area contributed by atoms with Crippen LogP contribution in [0.15, 0.2) is 29.4 Å². The second-order valence-corrected chi connectivity index (χ2v) is 4.25. The first-order valence-electron chi connectivity index (χ1n) is 6.30. The summed E-state index contributed by atoms with van der Waals surface area (Å²) in [5.41, 5.74) is 0. The minimum atomic E-state index is 0.138. The molecule has 5 nitrogen and oxygen atoms in total. The third kappa shape index (κ3) is 3.62. The third-order valence-electron chi connectivity index (χ3n) is 2.93. The number of ether oxygens (including phenoxy) is 1. The lowest BCUT2D eigenvalue weighted by Gasteiger charge is -2.20. The molecule has 1 saturated heterocycles. The molecule has 1 aliphatic heterocycles. The molecule has 1 aromatic rings. The molecule has 0 saturated carbocycles. The number of guanidine groups is 1. The average Bonchev–Trinajstić information content (AvgIpc) is 2.89. The molecule has 5 heteroatoms. The number of likely N-dealkylation sites (tertiary alicyclic amines) is 1. The van der Waals surface area contributed by atoms with Crippen molar-refractivity contribution in [2.45, 2.75) is 12.5 Å². The van der Waals surface area contributed by atoms with Gasteiger partial charge in [-0.3, -0.25) is 4.99 Å². The van der Waals surface area contributed by atoms with E-state index in [1.54, 1.807) is 13.2 Å². The van der Waals surface area contributed by atoms with Crippen LogP contribution >= 0.6 is 0 Å². The van der Waals surface area contributed by atoms with E-state index in [0.29, 0.717) is 12.4 Å². The molecule has 0 aliphatic carbocycles. The highest BCUT2D eigenvalue weighted by molar-refractivity contribution is 5.80. The highest BCUT2D eigenvalue weighted by Gasteiger charge is 2.26. The molecule has 2 heterocycles. The Balaban J connectivity index is 1.87. The Hall–Kier alpha value is -2.22. The van der Waals surface area contributed by atoms with Gasteiger partial charge in [-0.1, -0.05) is 12.0 Å². The van der Waals surface area contributed by atoms with Crippen molar-refractivity contribution in [1.82, 2.24) is 15.2 Å². The summed E-state index contributed by atoms with van der Waals surface area (Å²) in [7, 11) is 1.76. The van der Waals surface area contributed by atoms with Gasteiger partial charge in [0.1, 0.15) is 6.10 Å². The molecule has 0 bridgehead atoms. The van der Waals surface area contributed by atoms with Crippen molar-refractivity contribution in [2.75, 3.05) is 26.7 Å². The van der Waals surface area contributed by atoms with Crippen molar-refractivity contribution < 1.29 is 4.74 Å². The van der Waals surface area contributed by atoms with E-state index in [1.807, 2.05) is 18.2 Å². The normalized spacial score (nSPS) is 19.1. The molecule has 0 amide bonds. The highest BCUT2D eigenvalue weighted by atomic mass is 16.5. The molecule has 1 fully saturated rings. The molecule has 0 radical (unpaired) electrons. The second-order valence-electron chi connectivity index (χ2n) is 4.25. The van der Waals surface area contributed by atoms with Gasteiger partial charge in [0.25, 0.3) is 0 Å². The Morgan fingerprint density at radius 2 is 2.58 bits per heavy atom. The van der Waals surface area contributed by atoms with Crippen molar-refractivity contribution in [2.24, 2.45) is 4.99 Å². The smallest absolute Gasteiger partial charge is 0.213 e. The zero-order chi connectivity index (χ0) is 13.5. The van der Waals surface area contributed by atoms with Crippen molar-refractivity contribution >= 4 is 5.96 Å². The van der Waals surface area contributed by atoms with Crippen LogP contribution in [0.5, 0.6) is 5.88 Å². The lowest BCUT2D eigenvalue weighted by molar-refractivity contribution is 0.205. The lowest BCUT2D eigenvalue weighted by Crippen LogP contribution is -2.41. The van der Waals surface area contributed by atoms with Crippen molar-refractivity contribution in [1.29, 1.82) is 0 Å². The fourth-order valence-corrected chi connectivity index (χ4v) is 2.07. The van der Waals surface area contributed by atoms with Gasteiger partial charge in [0.05, 0.1) is 13.1 Å². The molecule has 1 N–H and O–H groups in total. The van der Waals surface area contributed by atoms with E-state index in [4.69, 9.17) is 11.2 Å². The van der Waals surface area contributed by atoms with Gasteiger partial charge in [0.2, 0.25) is 5.88 Å². The van der Waals surface area contributed by atoms with Crippen LogP contribution in [0.2, 0.25) is 0 Å². The number of pyridine rings is 1. The van der Waals surface area contributed by atoms with E-state index >= 15 is 0 Å². The van der Waals surface area contributed by atoms with Crippen LogP contribution in [0.3, 0.4) is 0 Å². The molecule has 1 unspecified atom stereocenters. The topological polar surface area (TPSA) is 49.8 Å². The summed E-state index contributed by atoms with van der Waals surface area (Å²) >= 11 is 0. The van der Waals surface area contributed by atoms with Crippen LogP contribution < -0.4 is 10.1 Å². The van der Waals surface area contributed by atoms with E-state index < -0.39 is 0 Å². The maximum atomic E-state index is 5.83. The largest absolute Gasteiger partial charge is 0.472 e. The number of terminal acetylenes is 1. The molecule has 100 valence electrons. The van der Waals surface area contributed by atoms with Gasteiger partial charge in [-0.25, -0.2) is 4.98 Å². The number of hydrogen-bond donors (Lipinski definition) is 1. The van der Waals surface area contributed by atoms with Crippen LogP contribution in [0.25, 0.3) is 0 Å². The Kier molecular flexibility index (Phi) is 4.62. The maximum Gasteiger partial charge on any atom is 0.213 e. The van der Waals surface area contributed by atoms with Gasteiger partial charge in [0, 0.05) is 32.3 Å². The molecule has 2 rings (SSSR count). The molecular weight excluding hydrogens is 240 g/mol. The van der Waals surface area contributed by atoms with E-state index in [1.165, 1.54) is 0 Å². The first-order valence-corrected chi connectivity index (χ1v) is 6.30. The van der Waals surface area contributed by atoms with Crippen molar-refractivity contribution in [3.8, 4) is 18.2 Å². The first-order chi connectivity index (χ1) is 9.33. The number of aromatic nitrogens is 1. The number of nitrogens with zero attached hydrogens (tertiary/aromatic N) is 3. The van der Waals surface area contributed by atoms with Crippen molar-refractivity contribution in [3.63, 3.8) is 0 Å². The Bertz CT molecular complexity index is 466. The zero-order valence-electron chi connectivity index (χ0n) is 11.0. The molecule has 0 spiro atoms. The summed E-state index contributed by atoms with van der Waals surface area (Å²) in [4.78, 5) is 10.5. The Morgan fingerprint density at radius 3 is 3.26 bits per heavy atom. The predicted octanol–water partition coefficient (Wildman–Crippen LogP) is 0.743. The SMILES string of the molecule is C#CCNC(=NC)N1CCC(Oc2ccccn2)C1. The third-order valence-corrected chi connectivity index (χ3v) is 2.93.